The monoisotopic (exact) mass is 168 g/mol. The highest BCUT2D eigenvalue weighted by Gasteiger charge is 2.52. The van der Waals surface area contributed by atoms with E-state index < -0.39 is 0 Å². The fraction of sp³-hybridized carbons (Fsp3) is 1.00. The second kappa shape index (κ2) is 2.25. The van der Waals surface area contributed by atoms with Gasteiger partial charge in [-0.25, -0.2) is 0 Å². The van der Waals surface area contributed by atoms with Gasteiger partial charge in [-0.2, -0.15) is 0 Å². The van der Waals surface area contributed by atoms with E-state index in [1.54, 1.807) is 0 Å². The fourth-order valence-electron chi connectivity index (χ4n) is 2.89. The average molecular weight is 168 g/mol. The molecule has 12 heavy (non-hydrogen) atoms. The number of hydrogen-bond donors (Lipinski definition) is 0. The summed E-state index contributed by atoms with van der Waals surface area (Å²) < 4.78 is 6.09. The van der Waals surface area contributed by atoms with Crippen LogP contribution in [-0.4, -0.2) is 11.7 Å². The lowest BCUT2D eigenvalue weighted by atomic mass is 9.60. The van der Waals surface area contributed by atoms with Crippen molar-refractivity contribution in [1.82, 2.24) is 0 Å². The van der Waals surface area contributed by atoms with Gasteiger partial charge in [-0.05, 0) is 44.4 Å². The molecule has 1 saturated carbocycles. The molecule has 1 heteroatoms. The molecule has 70 valence electrons. The molecule has 1 nitrogen and oxygen atoms in total. The van der Waals surface area contributed by atoms with E-state index >= 15 is 0 Å². The molecule has 2 bridgehead atoms. The van der Waals surface area contributed by atoms with Crippen molar-refractivity contribution in [1.29, 1.82) is 0 Å². The van der Waals surface area contributed by atoms with Crippen molar-refractivity contribution in [3.63, 3.8) is 0 Å². The van der Waals surface area contributed by atoms with Gasteiger partial charge in [-0.3, -0.25) is 0 Å². The van der Waals surface area contributed by atoms with Crippen molar-refractivity contribution < 1.29 is 4.74 Å². The summed E-state index contributed by atoms with van der Waals surface area (Å²) in [5.41, 5.74) is 0.661. The summed E-state index contributed by atoms with van der Waals surface area (Å²) in [6.07, 6.45) is 4.43. The first kappa shape index (κ1) is 8.55. The third-order valence-electron chi connectivity index (χ3n) is 4.43. The Labute approximate surface area is 75.5 Å². The first-order valence-electron chi connectivity index (χ1n) is 5.14. The van der Waals surface area contributed by atoms with Crippen LogP contribution in [0.4, 0.5) is 0 Å². The Kier molecular flexibility index (Phi) is 1.61. The molecule has 4 atom stereocenters. The van der Waals surface area contributed by atoms with Gasteiger partial charge >= 0.3 is 0 Å². The van der Waals surface area contributed by atoms with Crippen LogP contribution in [0.15, 0.2) is 0 Å². The van der Waals surface area contributed by atoms with Gasteiger partial charge in [0.2, 0.25) is 0 Å². The van der Waals surface area contributed by atoms with E-state index in [4.69, 9.17) is 4.74 Å². The lowest BCUT2D eigenvalue weighted by molar-refractivity contribution is -0.239. The maximum atomic E-state index is 6.09. The molecule has 3 aliphatic rings. The minimum absolute atomic E-state index is 0.192. The standard InChI is InChI=1S/C11H20O/c1-8-7-10(3)5-6-11(8,4)12-9(10)2/h8-9H,5-7H2,1-4H3/t8?,9?,10?,11-/m0/s1. The van der Waals surface area contributed by atoms with E-state index in [1.807, 2.05) is 0 Å². The van der Waals surface area contributed by atoms with Gasteiger partial charge in [-0.15, -0.1) is 0 Å². The van der Waals surface area contributed by atoms with Crippen LogP contribution in [0.3, 0.4) is 0 Å². The molecule has 0 amide bonds. The normalized spacial score (nSPS) is 59.0. The highest BCUT2D eigenvalue weighted by Crippen LogP contribution is 2.54. The SMILES string of the molecule is CC1O[C@@]2(C)CCC1(C)CC2C. The van der Waals surface area contributed by atoms with Gasteiger partial charge in [0.05, 0.1) is 11.7 Å². The second-order valence-corrected chi connectivity index (χ2v) is 5.33. The van der Waals surface area contributed by atoms with Crippen molar-refractivity contribution in [3.8, 4) is 0 Å². The van der Waals surface area contributed by atoms with Crippen molar-refractivity contribution in [2.75, 3.05) is 0 Å². The average Bonchev–Trinajstić information content (AvgIpc) is 1.96. The van der Waals surface area contributed by atoms with Gasteiger partial charge in [0, 0.05) is 0 Å². The molecule has 2 heterocycles. The van der Waals surface area contributed by atoms with E-state index in [1.165, 1.54) is 19.3 Å². The molecule has 3 rings (SSSR count). The van der Waals surface area contributed by atoms with E-state index in [2.05, 4.69) is 27.7 Å². The maximum Gasteiger partial charge on any atom is 0.0684 e. The highest BCUT2D eigenvalue weighted by atomic mass is 16.5. The van der Waals surface area contributed by atoms with Crippen molar-refractivity contribution >= 4 is 0 Å². The Morgan fingerprint density at radius 1 is 1.17 bits per heavy atom. The molecule has 2 aliphatic heterocycles. The first-order chi connectivity index (χ1) is 5.46. The largest absolute Gasteiger partial charge is 0.372 e. The molecule has 1 aliphatic carbocycles. The molecule has 3 unspecified atom stereocenters. The predicted molar refractivity (Wildman–Crippen MR) is 50.1 cm³/mol. The lowest BCUT2D eigenvalue weighted by Gasteiger charge is -2.57. The van der Waals surface area contributed by atoms with Gasteiger partial charge in [0.1, 0.15) is 0 Å². The van der Waals surface area contributed by atoms with E-state index in [0.717, 1.165) is 5.92 Å². The summed E-state index contributed by atoms with van der Waals surface area (Å²) in [6.45, 7) is 9.24. The van der Waals surface area contributed by atoms with Crippen molar-refractivity contribution in [3.05, 3.63) is 0 Å². The summed E-state index contributed by atoms with van der Waals surface area (Å²) in [7, 11) is 0. The zero-order valence-electron chi connectivity index (χ0n) is 8.68. The van der Waals surface area contributed by atoms with Crippen LogP contribution in [0.2, 0.25) is 0 Å². The Morgan fingerprint density at radius 3 is 2.25 bits per heavy atom. The third kappa shape index (κ3) is 0.953. The Morgan fingerprint density at radius 2 is 1.83 bits per heavy atom. The molecule has 0 radical (unpaired) electrons. The highest BCUT2D eigenvalue weighted by molar-refractivity contribution is 5.02. The molecule has 3 fully saturated rings. The lowest BCUT2D eigenvalue weighted by Crippen LogP contribution is -2.57. The van der Waals surface area contributed by atoms with Gasteiger partial charge in [-0.1, -0.05) is 13.8 Å². The van der Waals surface area contributed by atoms with Gasteiger partial charge < -0.3 is 4.74 Å². The maximum absolute atomic E-state index is 6.09. The number of rotatable bonds is 0. The van der Waals surface area contributed by atoms with Crippen LogP contribution < -0.4 is 0 Å². The molecule has 0 spiro atoms. The third-order valence-corrected chi connectivity index (χ3v) is 4.43. The smallest absolute Gasteiger partial charge is 0.0684 e. The van der Waals surface area contributed by atoms with Gasteiger partial charge in [0.25, 0.3) is 0 Å². The van der Waals surface area contributed by atoms with Crippen LogP contribution in [0.25, 0.3) is 0 Å². The Bertz CT molecular complexity index is 179. The van der Waals surface area contributed by atoms with E-state index in [0.29, 0.717) is 11.5 Å². The minimum atomic E-state index is 0.192. The summed E-state index contributed by atoms with van der Waals surface area (Å²) in [6, 6.07) is 0. The summed E-state index contributed by atoms with van der Waals surface area (Å²) in [5.74, 6) is 0.743. The first-order valence-corrected chi connectivity index (χ1v) is 5.14. The number of hydrogen-bond acceptors (Lipinski definition) is 1. The van der Waals surface area contributed by atoms with Crippen LogP contribution >= 0.6 is 0 Å². The van der Waals surface area contributed by atoms with E-state index in [9.17, 15) is 0 Å². The van der Waals surface area contributed by atoms with Crippen LogP contribution in [0.5, 0.6) is 0 Å². The van der Waals surface area contributed by atoms with Gasteiger partial charge in [0.15, 0.2) is 0 Å². The molecule has 0 N–H and O–H groups in total. The second-order valence-electron chi connectivity index (χ2n) is 5.33. The Balaban J connectivity index is 2.27. The molecule has 0 aromatic rings. The molecular weight excluding hydrogens is 148 g/mol. The van der Waals surface area contributed by atoms with Crippen LogP contribution in [0.1, 0.15) is 47.0 Å². The van der Waals surface area contributed by atoms with E-state index in [-0.39, 0.29) is 5.60 Å². The van der Waals surface area contributed by atoms with Crippen LogP contribution in [-0.2, 0) is 4.74 Å². The van der Waals surface area contributed by atoms with Crippen molar-refractivity contribution in [2.45, 2.75) is 58.7 Å². The number of ether oxygens (including phenoxy) is 1. The molecule has 2 saturated heterocycles. The minimum Gasteiger partial charge on any atom is -0.372 e. The molecular formula is C11H20O. The number of fused-ring (bicyclic) bond motifs is 3. The predicted octanol–water partition coefficient (Wildman–Crippen LogP) is 2.99. The summed E-state index contributed by atoms with van der Waals surface area (Å²) in [4.78, 5) is 0. The quantitative estimate of drug-likeness (QED) is 0.540. The van der Waals surface area contributed by atoms with Crippen molar-refractivity contribution in [2.24, 2.45) is 11.3 Å². The summed E-state index contributed by atoms with van der Waals surface area (Å²) in [5, 5.41) is 0. The molecule has 0 aromatic carbocycles. The topological polar surface area (TPSA) is 9.23 Å². The van der Waals surface area contributed by atoms with Crippen LogP contribution in [0, 0.1) is 11.3 Å². The Hall–Kier alpha value is -0.0400. The summed E-state index contributed by atoms with van der Waals surface area (Å²) >= 11 is 0. The molecule has 0 aromatic heterocycles. The zero-order chi connectivity index (χ0) is 8.98. The zero-order valence-corrected chi connectivity index (χ0v) is 8.68. The fourth-order valence-corrected chi connectivity index (χ4v) is 2.89.